The molecule has 1 saturated heterocycles. The number of rotatable bonds is 8. The maximum absolute atomic E-state index is 12.7. The summed E-state index contributed by atoms with van der Waals surface area (Å²) in [6.45, 7) is 8.50. The van der Waals surface area contributed by atoms with Gasteiger partial charge < -0.3 is 10.2 Å². The standard InChI is InChI=1S/C24H33N3O3S/c1-19-16-20(2)18-27(17-19)15-7-14-25-24(28)21-10-12-22(13-11-21)26(3)31(29,30)23-8-5-4-6-9-23/h4-6,8-13,19-20H,7,14-18H2,1-3H3,(H,25,28)/t19-,20-/m1/s1. The summed E-state index contributed by atoms with van der Waals surface area (Å²) in [7, 11) is -2.12. The summed E-state index contributed by atoms with van der Waals surface area (Å²) in [5.41, 5.74) is 1.03. The van der Waals surface area contributed by atoms with Gasteiger partial charge in [-0.1, -0.05) is 32.0 Å². The first-order valence-electron chi connectivity index (χ1n) is 10.9. The van der Waals surface area contributed by atoms with E-state index in [1.165, 1.54) is 17.8 Å². The highest BCUT2D eigenvalue weighted by Crippen LogP contribution is 2.22. The Morgan fingerprint density at radius 2 is 1.65 bits per heavy atom. The van der Waals surface area contributed by atoms with E-state index in [9.17, 15) is 13.2 Å². The predicted molar refractivity (Wildman–Crippen MR) is 125 cm³/mol. The molecule has 1 aliphatic rings. The molecule has 2 aromatic rings. The zero-order valence-electron chi connectivity index (χ0n) is 18.6. The molecule has 0 radical (unpaired) electrons. The summed E-state index contributed by atoms with van der Waals surface area (Å²) in [6, 6.07) is 14.9. The molecule has 1 fully saturated rings. The number of likely N-dealkylation sites (tertiary alicyclic amines) is 1. The molecule has 1 N–H and O–H groups in total. The van der Waals surface area contributed by atoms with Crippen LogP contribution in [0.1, 0.15) is 37.0 Å². The third-order valence-corrected chi connectivity index (χ3v) is 7.58. The van der Waals surface area contributed by atoms with E-state index in [2.05, 4.69) is 24.1 Å². The normalized spacial score (nSPS) is 19.7. The van der Waals surface area contributed by atoms with Crippen molar-refractivity contribution in [3.63, 3.8) is 0 Å². The van der Waals surface area contributed by atoms with Gasteiger partial charge in [0, 0.05) is 32.2 Å². The molecule has 0 saturated carbocycles. The zero-order valence-corrected chi connectivity index (χ0v) is 19.4. The van der Waals surface area contributed by atoms with Gasteiger partial charge in [0.05, 0.1) is 10.6 Å². The first-order valence-corrected chi connectivity index (χ1v) is 12.4. The molecule has 6 nitrogen and oxygen atoms in total. The van der Waals surface area contributed by atoms with Gasteiger partial charge in [-0.15, -0.1) is 0 Å². The van der Waals surface area contributed by atoms with Crippen LogP contribution in [0.2, 0.25) is 0 Å². The molecule has 0 unspecified atom stereocenters. The van der Waals surface area contributed by atoms with Gasteiger partial charge in [-0.2, -0.15) is 0 Å². The number of piperidine rings is 1. The lowest BCUT2D eigenvalue weighted by Gasteiger charge is -2.34. The number of nitrogens with zero attached hydrogens (tertiary/aromatic N) is 2. The molecule has 0 bridgehead atoms. The molecule has 7 heteroatoms. The van der Waals surface area contributed by atoms with Crippen LogP contribution in [-0.4, -0.2) is 52.5 Å². The fraction of sp³-hybridized carbons (Fsp3) is 0.458. The van der Waals surface area contributed by atoms with E-state index in [-0.39, 0.29) is 10.8 Å². The first kappa shape index (κ1) is 23.3. The van der Waals surface area contributed by atoms with Gasteiger partial charge in [-0.3, -0.25) is 9.10 Å². The maximum atomic E-state index is 12.7. The van der Waals surface area contributed by atoms with Crippen LogP contribution in [0.3, 0.4) is 0 Å². The maximum Gasteiger partial charge on any atom is 0.264 e. The van der Waals surface area contributed by atoms with E-state index in [0.29, 0.717) is 17.8 Å². The number of benzene rings is 2. The number of hydrogen-bond donors (Lipinski definition) is 1. The van der Waals surface area contributed by atoms with Crippen LogP contribution in [0.4, 0.5) is 5.69 Å². The van der Waals surface area contributed by atoms with Crippen LogP contribution < -0.4 is 9.62 Å². The van der Waals surface area contributed by atoms with E-state index in [1.54, 1.807) is 54.6 Å². The quantitative estimate of drug-likeness (QED) is 0.633. The van der Waals surface area contributed by atoms with E-state index in [1.807, 2.05) is 0 Å². The van der Waals surface area contributed by atoms with Crippen molar-refractivity contribution in [2.45, 2.75) is 31.6 Å². The van der Waals surface area contributed by atoms with Gasteiger partial charge in [0.1, 0.15) is 0 Å². The Labute approximate surface area is 186 Å². The van der Waals surface area contributed by atoms with Crippen molar-refractivity contribution in [3.8, 4) is 0 Å². The summed E-state index contributed by atoms with van der Waals surface area (Å²) in [4.78, 5) is 15.2. The van der Waals surface area contributed by atoms with Crippen LogP contribution in [0, 0.1) is 11.8 Å². The van der Waals surface area contributed by atoms with Crippen molar-refractivity contribution in [2.75, 3.05) is 37.5 Å². The highest BCUT2D eigenvalue weighted by Gasteiger charge is 2.22. The van der Waals surface area contributed by atoms with Crippen molar-refractivity contribution in [3.05, 3.63) is 60.2 Å². The van der Waals surface area contributed by atoms with Gasteiger partial charge in [-0.25, -0.2) is 8.42 Å². The Bertz CT molecular complexity index is 951. The third kappa shape index (κ3) is 6.08. The van der Waals surface area contributed by atoms with Gasteiger partial charge >= 0.3 is 0 Å². The van der Waals surface area contributed by atoms with Crippen LogP contribution >= 0.6 is 0 Å². The fourth-order valence-corrected chi connectivity index (χ4v) is 5.51. The number of amides is 1. The molecule has 3 rings (SSSR count). The number of carbonyl (C=O) groups excluding carboxylic acids is 1. The smallest absolute Gasteiger partial charge is 0.264 e. The Morgan fingerprint density at radius 3 is 2.26 bits per heavy atom. The number of hydrogen-bond acceptors (Lipinski definition) is 4. The molecule has 0 spiro atoms. The van der Waals surface area contributed by atoms with Crippen molar-refractivity contribution < 1.29 is 13.2 Å². The lowest BCUT2D eigenvalue weighted by Crippen LogP contribution is -2.40. The number of sulfonamides is 1. The Morgan fingerprint density at radius 1 is 1.03 bits per heavy atom. The zero-order chi connectivity index (χ0) is 22.4. The highest BCUT2D eigenvalue weighted by atomic mass is 32.2. The van der Waals surface area contributed by atoms with Crippen LogP contribution in [-0.2, 0) is 10.0 Å². The Kier molecular flexibility index (Phi) is 7.73. The van der Waals surface area contributed by atoms with Crippen molar-refractivity contribution in [1.29, 1.82) is 0 Å². The van der Waals surface area contributed by atoms with Gasteiger partial charge in [0.15, 0.2) is 0 Å². The molecule has 0 aliphatic carbocycles. The topological polar surface area (TPSA) is 69.7 Å². The minimum atomic E-state index is -3.63. The molecule has 2 atom stereocenters. The molecule has 2 aromatic carbocycles. The van der Waals surface area contributed by atoms with E-state index >= 15 is 0 Å². The number of nitrogens with one attached hydrogen (secondary N) is 1. The molecule has 31 heavy (non-hydrogen) atoms. The monoisotopic (exact) mass is 443 g/mol. The molecular weight excluding hydrogens is 410 g/mol. The highest BCUT2D eigenvalue weighted by molar-refractivity contribution is 7.92. The van der Waals surface area contributed by atoms with Crippen LogP contribution in [0.5, 0.6) is 0 Å². The largest absolute Gasteiger partial charge is 0.352 e. The second kappa shape index (κ2) is 10.3. The van der Waals surface area contributed by atoms with Crippen molar-refractivity contribution in [2.24, 2.45) is 11.8 Å². The summed E-state index contributed by atoms with van der Waals surface area (Å²) >= 11 is 0. The lowest BCUT2D eigenvalue weighted by molar-refractivity contribution is 0.0947. The average Bonchev–Trinajstić information content (AvgIpc) is 2.76. The molecule has 1 amide bonds. The van der Waals surface area contributed by atoms with E-state index in [0.717, 1.165) is 37.9 Å². The lowest BCUT2D eigenvalue weighted by atomic mass is 9.92. The summed E-state index contributed by atoms with van der Waals surface area (Å²) in [5.74, 6) is 1.34. The van der Waals surface area contributed by atoms with Crippen molar-refractivity contribution in [1.82, 2.24) is 10.2 Å². The predicted octanol–water partition coefficient (Wildman–Crippen LogP) is 3.61. The third-order valence-electron chi connectivity index (χ3n) is 5.78. The minimum absolute atomic E-state index is 0.138. The SMILES string of the molecule is C[C@@H]1C[C@@H](C)CN(CCCNC(=O)c2ccc(N(C)S(=O)(=O)c3ccccc3)cc2)C1. The molecular formula is C24H33N3O3S. The van der Waals surface area contributed by atoms with Crippen LogP contribution in [0.15, 0.2) is 59.5 Å². The number of anilines is 1. The fourth-order valence-electron chi connectivity index (χ4n) is 4.29. The Balaban J connectivity index is 1.51. The second-order valence-electron chi connectivity index (χ2n) is 8.65. The molecule has 0 aromatic heterocycles. The van der Waals surface area contributed by atoms with E-state index < -0.39 is 10.0 Å². The molecule has 1 aliphatic heterocycles. The Hall–Kier alpha value is -2.38. The van der Waals surface area contributed by atoms with Gasteiger partial charge in [0.2, 0.25) is 0 Å². The summed E-state index contributed by atoms with van der Waals surface area (Å²) < 4.78 is 26.7. The molecule has 168 valence electrons. The molecule has 1 heterocycles. The van der Waals surface area contributed by atoms with Gasteiger partial charge in [0.25, 0.3) is 15.9 Å². The first-order chi connectivity index (χ1) is 14.8. The van der Waals surface area contributed by atoms with Gasteiger partial charge in [-0.05, 0) is 67.6 Å². The minimum Gasteiger partial charge on any atom is -0.352 e. The average molecular weight is 444 g/mol. The van der Waals surface area contributed by atoms with Crippen molar-refractivity contribution >= 4 is 21.6 Å². The second-order valence-corrected chi connectivity index (χ2v) is 10.6. The van der Waals surface area contributed by atoms with E-state index in [4.69, 9.17) is 0 Å². The summed E-state index contributed by atoms with van der Waals surface area (Å²) in [6.07, 6.45) is 2.21. The van der Waals surface area contributed by atoms with Crippen LogP contribution in [0.25, 0.3) is 0 Å². The number of carbonyl (C=O) groups is 1. The summed E-state index contributed by atoms with van der Waals surface area (Å²) in [5, 5.41) is 2.97.